The maximum atomic E-state index is 14.0. The highest BCUT2D eigenvalue weighted by Gasteiger charge is 2.27. The summed E-state index contributed by atoms with van der Waals surface area (Å²) in [5, 5.41) is 7.01. The summed E-state index contributed by atoms with van der Waals surface area (Å²) in [6.45, 7) is 1.25. The Balaban J connectivity index is 1.47. The van der Waals surface area contributed by atoms with Crippen LogP contribution in [0.3, 0.4) is 0 Å². The third-order valence-corrected chi connectivity index (χ3v) is 4.83. The fraction of sp³-hybridized carbons (Fsp3) is 0.278. The number of piperidine rings is 1. The van der Waals surface area contributed by atoms with E-state index in [9.17, 15) is 9.18 Å². The van der Waals surface area contributed by atoms with Gasteiger partial charge in [-0.2, -0.15) is 5.10 Å². The van der Waals surface area contributed by atoms with Gasteiger partial charge >= 0.3 is 0 Å². The molecule has 8 nitrogen and oxygen atoms in total. The van der Waals surface area contributed by atoms with Crippen LogP contribution in [0.5, 0.6) is 0 Å². The molecule has 1 unspecified atom stereocenters. The monoisotopic (exact) mass is 401 g/mol. The molecule has 2 aromatic heterocycles. The molecule has 10 heteroatoms. The first-order valence-electron chi connectivity index (χ1n) is 8.78. The topological polar surface area (TPSA) is 88.8 Å². The van der Waals surface area contributed by atoms with Crippen molar-refractivity contribution in [3.8, 4) is 5.82 Å². The lowest BCUT2D eigenvalue weighted by molar-refractivity contribution is -0.120. The highest BCUT2D eigenvalue weighted by atomic mass is 35.5. The first kappa shape index (κ1) is 18.3. The van der Waals surface area contributed by atoms with Crippen molar-refractivity contribution < 1.29 is 9.18 Å². The van der Waals surface area contributed by atoms with Crippen LogP contribution in [0.1, 0.15) is 12.8 Å². The average molecular weight is 402 g/mol. The van der Waals surface area contributed by atoms with E-state index in [1.807, 2.05) is 4.90 Å². The third-order valence-electron chi connectivity index (χ3n) is 4.60. The molecule has 4 rings (SSSR count). The largest absolute Gasteiger partial charge is 0.356 e. The summed E-state index contributed by atoms with van der Waals surface area (Å²) in [6.07, 6.45) is 5.99. The van der Waals surface area contributed by atoms with Crippen LogP contribution in [0.2, 0.25) is 5.02 Å². The van der Waals surface area contributed by atoms with Gasteiger partial charge < -0.3 is 10.2 Å². The normalized spacial score (nSPS) is 16.8. The zero-order chi connectivity index (χ0) is 19.5. The maximum absolute atomic E-state index is 14.0. The number of halogens is 2. The lowest BCUT2D eigenvalue weighted by Crippen LogP contribution is -2.41. The number of amides is 1. The lowest BCUT2D eigenvalue weighted by Gasteiger charge is -2.32. The minimum Gasteiger partial charge on any atom is -0.356 e. The number of carbonyl (C=O) groups excluding carboxylic acids is 1. The lowest BCUT2D eigenvalue weighted by atomic mass is 9.97. The van der Waals surface area contributed by atoms with E-state index in [1.54, 1.807) is 23.1 Å². The predicted octanol–water partition coefficient (Wildman–Crippen LogP) is 2.70. The van der Waals surface area contributed by atoms with Crippen LogP contribution in [-0.2, 0) is 4.79 Å². The van der Waals surface area contributed by atoms with E-state index >= 15 is 0 Å². The molecule has 0 spiro atoms. The van der Waals surface area contributed by atoms with Crippen LogP contribution >= 0.6 is 11.6 Å². The SMILES string of the molecule is O=C(Nc1ccc(Cl)cc1F)C1CCCN(c2cc(-n3cncn3)ncn2)C1. The van der Waals surface area contributed by atoms with Crippen molar-refractivity contribution in [3.63, 3.8) is 0 Å². The molecule has 1 amide bonds. The van der Waals surface area contributed by atoms with Gasteiger partial charge in [0.1, 0.15) is 30.6 Å². The third kappa shape index (κ3) is 3.94. The van der Waals surface area contributed by atoms with Crippen molar-refractivity contribution >= 4 is 29.0 Å². The Morgan fingerprint density at radius 1 is 1.21 bits per heavy atom. The molecule has 0 saturated carbocycles. The molecule has 0 radical (unpaired) electrons. The highest BCUT2D eigenvalue weighted by Crippen LogP contribution is 2.25. The standard InChI is InChI=1S/C18H17ClFN7O/c19-13-3-4-15(14(20)6-13)25-18(28)12-2-1-5-26(8-12)16-7-17(23-10-22-16)27-11-21-9-24-27/h3-4,6-7,9-12H,1-2,5,8H2,(H,25,28). The number of hydrogen-bond acceptors (Lipinski definition) is 6. The van der Waals surface area contributed by atoms with E-state index < -0.39 is 5.82 Å². The first-order chi connectivity index (χ1) is 13.6. The zero-order valence-corrected chi connectivity index (χ0v) is 15.6. The van der Waals surface area contributed by atoms with E-state index in [-0.39, 0.29) is 22.5 Å². The zero-order valence-electron chi connectivity index (χ0n) is 14.8. The van der Waals surface area contributed by atoms with Gasteiger partial charge in [-0.1, -0.05) is 11.6 Å². The van der Waals surface area contributed by atoms with E-state index in [4.69, 9.17) is 11.6 Å². The Hall–Kier alpha value is -3.07. The summed E-state index contributed by atoms with van der Waals surface area (Å²) in [5.74, 6) is 0.236. The van der Waals surface area contributed by atoms with Gasteiger partial charge in [-0.3, -0.25) is 4.79 Å². The van der Waals surface area contributed by atoms with Crippen LogP contribution < -0.4 is 10.2 Å². The molecule has 144 valence electrons. The molecule has 3 heterocycles. The van der Waals surface area contributed by atoms with Gasteiger partial charge in [0, 0.05) is 24.2 Å². The summed E-state index contributed by atoms with van der Waals surface area (Å²) >= 11 is 5.76. The Kier molecular flexibility index (Phi) is 5.16. The second-order valence-electron chi connectivity index (χ2n) is 6.47. The quantitative estimate of drug-likeness (QED) is 0.723. The van der Waals surface area contributed by atoms with E-state index in [2.05, 4.69) is 25.4 Å². The number of rotatable bonds is 4. The van der Waals surface area contributed by atoms with Crippen molar-refractivity contribution in [2.75, 3.05) is 23.3 Å². The van der Waals surface area contributed by atoms with Gasteiger partial charge in [0.25, 0.3) is 0 Å². The van der Waals surface area contributed by atoms with Crippen molar-refractivity contribution in [3.05, 3.63) is 54.1 Å². The van der Waals surface area contributed by atoms with Gasteiger partial charge in [-0.05, 0) is 31.0 Å². The maximum Gasteiger partial charge on any atom is 0.229 e. The van der Waals surface area contributed by atoms with Crippen molar-refractivity contribution in [1.29, 1.82) is 0 Å². The summed E-state index contributed by atoms with van der Waals surface area (Å²) in [6, 6.07) is 5.98. The molecule has 1 atom stereocenters. The van der Waals surface area contributed by atoms with Crippen molar-refractivity contribution in [2.45, 2.75) is 12.8 Å². The first-order valence-corrected chi connectivity index (χ1v) is 9.16. The number of benzene rings is 1. The van der Waals surface area contributed by atoms with Gasteiger partial charge in [0.2, 0.25) is 5.91 Å². The van der Waals surface area contributed by atoms with E-state index in [0.717, 1.165) is 19.4 Å². The molecule has 1 fully saturated rings. The Morgan fingerprint density at radius 2 is 2.07 bits per heavy atom. The fourth-order valence-corrected chi connectivity index (χ4v) is 3.35. The van der Waals surface area contributed by atoms with Crippen molar-refractivity contribution in [2.24, 2.45) is 5.92 Å². The molecule has 1 aliphatic rings. The molecule has 3 aromatic rings. The van der Waals surface area contributed by atoms with Crippen LogP contribution in [-0.4, -0.2) is 43.7 Å². The second-order valence-corrected chi connectivity index (χ2v) is 6.91. The van der Waals surface area contributed by atoms with E-state index in [0.29, 0.717) is 18.2 Å². The van der Waals surface area contributed by atoms with Crippen LogP contribution in [0.4, 0.5) is 15.9 Å². The molecular weight excluding hydrogens is 385 g/mol. The van der Waals surface area contributed by atoms with Crippen molar-refractivity contribution in [1.82, 2.24) is 24.7 Å². The number of carbonyl (C=O) groups is 1. The van der Waals surface area contributed by atoms with Gasteiger partial charge in [-0.15, -0.1) is 0 Å². The predicted molar refractivity (Wildman–Crippen MR) is 102 cm³/mol. The molecule has 1 aromatic carbocycles. The Morgan fingerprint density at radius 3 is 2.86 bits per heavy atom. The minimum atomic E-state index is -0.554. The smallest absolute Gasteiger partial charge is 0.229 e. The van der Waals surface area contributed by atoms with Gasteiger partial charge in [-0.25, -0.2) is 24.0 Å². The average Bonchev–Trinajstić information content (AvgIpc) is 3.25. The van der Waals surface area contributed by atoms with Gasteiger partial charge in [0.15, 0.2) is 5.82 Å². The molecule has 1 aliphatic heterocycles. The Bertz CT molecular complexity index is 982. The highest BCUT2D eigenvalue weighted by molar-refractivity contribution is 6.30. The number of anilines is 2. The number of nitrogens with zero attached hydrogens (tertiary/aromatic N) is 6. The van der Waals surface area contributed by atoms with Gasteiger partial charge in [0.05, 0.1) is 11.6 Å². The summed E-state index contributed by atoms with van der Waals surface area (Å²) in [4.78, 5) is 27.1. The summed E-state index contributed by atoms with van der Waals surface area (Å²) in [5.41, 5.74) is 0.127. The minimum absolute atomic E-state index is 0.127. The molecule has 1 saturated heterocycles. The van der Waals surface area contributed by atoms with E-state index in [1.165, 1.54) is 24.8 Å². The second kappa shape index (κ2) is 7.89. The number of hydrogen-bond donors (Lipinski definition) is 1. The molecular formula is C18H17ClFN7O. The summed E-state index contributed by atoms with van der Waals surface area (Å²) in [7, 11) is 0. The molecule has 0 aliphatic carbocycles. The Labute approximate surface area is 165 Å². The molecule has 28 heavy (non-hydrogen) atoms. The molecule has 1 N–H and O–H groups in total. The number of nitrogens with one attached hydrogen (secondary N) is 1. The van der Waals surface area contributed by atoms with Crippen LogP contribution in [0.15, 0.2) is 43.2 Å². The molecule has 0 bridgehead atoms. The van der Waals surface area contributed by atoms with Crippen LogP contribution in [0, 0.1) is 11.7 Å². The summed E-state index contributed by atoms with van der Waals surface area (Å²) < 4.78 is 15.5. The fourth-order valence-electron chi connectivity index (χ4n) is 3.19. The number of aromatic nitrogens is 5. The van der Waals surface area contributed by atoms with Crippen LogP contribution in [0.25, 0.3) is 5.82 Å².